The zero-order valence-electron chi connectivity index (χ0n) is 12.8. The van der Waals surface area contributed by atoms with E-state index in [9.17, 15) is 0 Å². The van der Waals surface area contributed by atoms with Crippen molar-refractivity contribution >= 4 is 45.2 Å². The Bertz CT molecular complexity index is 860. The fourth-order valence-electron chi connectivity index (χ4n) is 2.17. The smallest absolute Gasteiger partial charge is 0.134 e. The van der Waals surface area contributed by atoms with E-state index in [0.717, 1.165) is 31.9 Å². The number of benzene rings is 2. The summed E-state index contributed by atoms with van der Waals surface area (Å²) in [7, 11) is 1.66. The van der Waals surface area contributed by atoms with Crippen LogP contribution >= 0.6 is 39.5 Å². The molecule has 0 saturated heterocycles. The number of rotatable bonds is 5. The van der Waals surface area contributed by atoms with Crippen molar-refractivity contribution in [3.63, 3.8) is 0 Å². The Morgan fingerprint density at radius 1 is 1.08 bits per heavy atom. The summed E-state index contributed by atoms with van der Waals surface area (Å²) in [6.45, 7) is 0. The van der Waals surface area contributed by atoms with Crippen LogP contribution in [-0.2, 0) is 0 Å². The second-order valence-corrected chi connectivity index (χ2v) is 7.17. The van der Waals surface area contributed by atoms with Gasteiger partial charge in [0.05, 0.1) is 23.9 Å². The molecule has 0 bridgehead atoms. The van der Waals surface area contributed by atoms with Gasteiger partial charge in [-0.15, -0.1) is 0 Å². The minimum atomic E-state index is 0.708. The summed E-state index contributed by atoms with van der Waals surface area (Å²) in [6, 6.07) is 15.6. The molecule has 3 rings (SSSR count). The molecular formula is C18H14BrClN2OS. The van der Waals surface area contributed by atoms with Crippen LogP contribution in [-0.4, -0.2) is 12.1 Å². The first kappa shape index (κ1) is 17.1. The number of hydrogen-bond acceptors (Lipinski definition) is 4. The summed E-state index contributed by atoms with van der Waals surface area (Å²) in [5.74, 6) is 0.814. The highest BCUT2D eigenvalue weighted by Crippen LogP contribution is 2.33. The molecule has 122 valence electrons. The van der Waals surface area contributed by atoms with Crippen molar-refractivity contribution in [3.05, 3.63) is 70.4 Å². The minimum Gasteiger partial charge on any atom is -0.496 e. The molecule has 0 saturated carbocycles. The van der Waals surface area contributed by atoms with Crippen LogP contribution in [0.15, 0.2) is 70.3 Å². The first-order valence-electron chi connectivity index (χ1n) is 7.13. The molecule has 6 heteroatoms. The second kappa shape index (κ2) is 7.92. The van der Waals surface area contributed by atoms with E-state index in [0.29, 0.717) is 5.02 Å². The third-order valence-corrected chi connectivity index (χ3v) is 4.91. The number of pyridine rings is 1. The molecule has 0 aliphatic heterocycles. The Balaban J connectivity index is 1.79. The molecule has 0 fully saturated rings. The monoisotopic (exact) mass is 420 g/mol. The van der Waals surface area contributed by atoms with E-state index < -0.39 is 0 Å². The molecule has 1 heterocycles. The fourth-order valence-corrected chi connectivity index (χ4v) is 3.65. The number of methoxy groups -OCH3 is 1. The molecule has 3 nitrogen and oxygen atoms in total. The average Bonchev–Trinajstić information content (AvgIpc) is 2.60. The van der Waals surface area contributed by atoms with Crippen LogP contribution < -0.4 is 9.46 Å². The zero-order valence-corrected chi connectivity index (χ0v) is 16.0. The molecule has 0 radical (unpaired) electrons. The lowest BCUT2D eigenvalue weighted by Crippen LogP contribution is -1.92. The van der Waals surface area contributed by atoms with Gasteiger partial charge in [0.1, 0.15) is 5.75 Å². The van der Waals surface area contributed by atoms with E-state index in [1.165, 1.54) is 11.9 Å². The zero-order chi connectivity index (χ0) is 16.9. The Labute approximate surface area is 158 Å². The molecule has 2 aromatic carbocycles. The van der Waals surface area contributed by atoms with E-state index in [1.54, 1.807) is 13.3 Å². The van der Waals surface area contributed by atoms with E-state index in [2.05, 4.69) is 25.6 Å². The number of anilines is 1. The molecule has 1 N–H and O–H groups in total. The molecule has 3 aromatic rings. The highest BCUT2D eigenvalue weighted by molar-refractivity contribution is 9.10. The topological polar surface area (TPSA) is 34.1 Å². The van der Waals surface area contributed by atoms with Crippen LogP contribution in [0, 0.1) is 0 Å². The van der Waals surface area contributed by atoms with Gasteiger partial charge in [0.15, 0.2) is 0 Å². The van der Waals surface area contributed by atoms with Gasteiger partial charge in [-0.25, -0.2) is 0 Å². The van der Waals surface area contributed by atoms with Crippen LogP contribution in [0.2, 0.25) is 5.02 Å². The first-order valence-corrected chi connectivity index (χ1v) is 9.12. The molecule has 1 aromatic heterocycles. The molecule has 0 amide bonds. The maximum absolute atomic E-state index is 6.07. The molecular weight excluding hydrogens is 408 g/mol. The molecule has 0 aliphatic rings. The highest BCUT2D eigenvalue weighted by Gasteiger charge is 2.06. The lowest BCUT2D eigenvalue weighted by molar-refractivity contribution is 0.405. The van der Waals surface area contributed by atoms with Crippen molar-refractivity contribution in [3.8, 4) is 16.9 Å². The maximum atomic E-state index is 6.07. The third-order valence-electron chi connectivity index (χ3n) is 3.30. The minimum absolute atomic E-state index is 0.708. The predicted octanol–water partition coefficient (Wildman–Crippen LogP) is 6.29. The van der Waals surface area contributed by atoms with Gasteiger partial charge in [-0.3, -0.25) is 4.98 Å². The third kappa shape index (κ3) is 4.23. The number of halogens is 2. The SMILES string of the molecule is COc1ccc(Br)cc1SNc1cncc(-c2cccc(Cl)c2)c1. The average molecular weight is 422 g/mol. The standard InChI is InChI=1S/C18H14BrClN2OS/c1-23-17-6-5-14(19)9-18(17)24-22-16-8-13(10-21-11-16)12-3-2-4-15(20)7-12/h2-11,22H,1H3. The normalized spacial score (nSPS) is 10.5. The van der Waals surface area contributed by atoms with Crippen molar-refractivity contribution in [2.24, 2.45) is 0 Å². The predicted molar refractivity (Wildman–Crippen MR) is 105 cm³/mol. The van der Waals surface area contributed by atoms with Crippen molar-refractivity contribution < 1.29 is 4.74 Å². The van der Waals surface area contributed by atoms with Crippen LogP contribution in [0.5, 0.6) is 5.75 Å². The van der Waals surface area contributed by atoms with Gasteiger partial charge in [-0.1, -0.05) is 39.7 Å². The van der Waals surface area contributed by atoms with Crippen LogP contribution in [0.25, 0.3) is 11.1 Å². The van der Waals surface area contributed by atoms with Gasteiger partial charge in [-0.05, 0) is 53.9 Å². The van der Waals surface area contributed by atoms with Crippen LogP contribution in [0.4, 0.5) is 5.69 Å². The number of ether oxygens (including phenoxy) is 1. The summed E-state index contributed by atoms with van der Waals surface area (Å²) in [4.78, 5) is 5.29. The molecule has 0 atom stereocenters. The van der Waals surface area contributed by atoms with Crippen molar-refractivity contribution in [2.45, 2.75) is 4.90 Å². The van der Waals surface area contributed by atoms with E-state index in [1.807, 2.05) is 54.7 Å². The first-order chi connectivity index (χ1) is 11.7. The van der Waals surface area contributed by atoms with Gasteiger partial charge in [0.25, 0.3) is 0 Å². The van der Waals surface area contributed by atoms with Gasteiger partial charge in [0, 0.05) is 21.3 Å². The molecule has 24 heavy (non-hydrogen) atoms. The number of nitrogens with zero attached hydrogens (tertiary/aromatic N) is 1. The largest absolute Gasteiger partial charge is 0.496 e. The summed E-state index contributed by atoms with van der Waals surface area (Å²) in [5, 5.41) is 0.708. The summed E-state index contributed by atoms with van der Waals surface area (Å²) < 4.78 is 9.69. The lowest BCUT2D eigenvalue weighted by atomic mass is 10.1. The molecule has 0 spiro atoms. The van der Waals surface area contributed by atoms with Crippen molar-refractivity contribution in [1.82, 2.24) is 4.98 Å². The van der Waals surface area contributed by atoms with Crippen molar-refractivity contribution in [2.75, 3.05) is 11.8 Å². The summed E-state index contributed by atoms with van der Waals surface area (Å²) in [6.07, 6.45) is 3.60. The summed E-state index contributed by atoms with van der Waals surface area (Å²) in [5.41, 5.74) is 2.94. The fraction of sp³-hybridized carbons (Fsp3) is 0.0556. The number of aromatic nitrogens is 1. The van der Waals surface area contributed by atoms with Gasteiger partial charge in [0.2, 0.25) is 0 Å². The highest BCUT2D eigenvalue weighted by atomic mass is 79.9. The van der Waals surface area contributed by atoms with Crippen molar-refractivity contribution in [1.29, 1.82) is 0 Å². The maximum Gasteiger partial charge on any atom is 0.134 e. The van der Waals surface area contributed by atoms with Crippen LogP contribution in [0.1, 0.15) is 0 Å². The quantitative estimate of drug-likeness (QED) is 0.491. The number of hydrogen-bond donors (Lipinski definition) is 1. The Kier molecular flexibility index (Phi) is 5.66. The van der Waals surface area contributed by atoms with E-state index >= 15 is 0 Å². The molecule has 0 aliphatic carbocycles. The Hall–Kier alpha value is -1.69. The van der Waals surface area contributed by atoms with Gasteiger partial charge in [-0.2, -0.15) is 0 Å². The lowest BCUT2D eigenvalue weighted by Gasteiger charge is -2.11. The number of nitrogens with one attached hydrogen (secondary N) is 1. The second-order valence-electron chi connectivity index (χ2n) is 4.97. The van der Waals surface area contributed by atoms with Crippen LogP contribution in [0.3, 0.4) is 0 Å². The summed E-state index contributed by atoms with van der Waals surface area (Å²) >= 11 is 11.0. The Morgan fingerprint density at radius 3 is 2.75 bits per heavy atom. The van der Waals surface area contributed by atoms with E-state index in [4.69, 9.17) is 16.3 Å². The Morgan fingerprint density at radius 2 is 1.96 bits per heavy atom. The molecule has 0 unspecified atom stereocenters. The van der Waals surface area contributed by atoms with Gasteiger partial charge >= 0.3 is 0 Å². The van der Waals surface area contributed by atoms with E-state index in [-0.39, 0.29) is 0 Å². The van der Waals surface area contributed by atoms with Gasteiger partial charge < -0.3 is 9.46 Å².